The molecule has 3 rings (SSSR count). The summed E-state index contributed by atoms with van der Waals surface area (Å²) in [7, 11) is 1.95. The molecule has 0 saturated heterocycles. The van der Waals surface area contributed by atoms with Gasteiger partial charge in [0.2, 0.25) is 0 Å². The van der Waals surface area contributed by atoms with Gasteiger partial charge in [0.25, 0.3) is 0 Å². The Bertz CT molecular complexity index is 796. The van der Waals surface area contributed by atoms with E-state index in [0.717, 1.165) is 22.3 Å². The fourth-order valence-corrected chi connectivity index (χ4v) is 2.30. The average molecular weight is 262 g/mol. The molecule has 0 unspecified atom stereocenters. The van der Waals surface area contributed by atoms with Crippen molar-refractivity contribution in [2.75, 3.05) is 5.32 Å². The fraction of sp³-hybridized carbons (Fsp3) is 0.125. The molecule has 3 aromatic rings. The Morgan fingerprint density at radius 3 is 2.90 bits per heavy atom. The summed E-state index contributed by atoms with van der Waals surface area (Å²) in [4.78, 5) is 0. The first-order valence-electron chi connectivity index (χ1n) is 6.42. The molecule has 0 saturated carbocycles. The van der Waals surface area contributed by atoms with Crippen LogP contribution in [-0.4, -0.2) is 9.78 Å². The van der Waals surface area contributed by atoms with E-state index in [1.54, 1.807) is 6.07 Å². The summed E-state index contributed by atoms with van der Waals surface area (Å²) in [5, 5.41) is 17.9. The van der Waals surface area contributed by atoms with E-state index in [2.05, 4.69) is 28.6 Å². The first-order valence-corrected chi connectivity index (χ1v) is 6.42. The lowest BCUT2D eigenvalue weighted by atomic mass is 10.2. The van der Waals surface area contributed by atoms with Crippen LogP contribution in [-0.2, 0) is 13.6 Å². The number of rotatable bonds is 3. The first kappa shape index (κ1) is 12.2. The van der Waals surface area contributed by atoms with E-state index in [1.807, 2.05) is 42.1 Å². The van der Waals surface area contributed by atoms with Gasteiger partial charge < -0.3 is 5.32 Å². The van der Waals surface area contributed by atoms with Crippen molar-refractivity contribution in [1.82, 2.24) is 9.78 Å². The number of aromatic nitrogens is 2. The van der Waals surface area contributed by atoms with Crippen molar-refractivity contribution in [2.24, 2.45) is 7.05 Å². The lowest BCUT2D eigenvalue weighted by Crippen LogP contribution is -2.01. The van der Waals surface area contributed by atoms with Crippen LogP contribution in [0.4, 0.5) is 5.69 Å². The lowest BCUT2D eigenvalue weighted by Gasteiger charge is -2.04. The molecule has 0 aliphatic heterocycles. The molecular formula is C16H14N4. The number of benzene rings is 2. The molecule has 98 valence electrons. The molecule has 0 aliphatic carbocycles. The minimum atomic E-state index is 0.635. The third-order valence-corrected chi connectivity index (χ3v) is 3.29. The van der Waals surface area contributed by atoms with E-state index in [-0.39, 0.29) is 0 Å². The smallest absolute Gasteiger partial charge is 0.0992 e. The van der Waals surface area contributed by atoms with Gasteiger partial charge in [-0.15, -0.1) is 0 Å². The highest BCUT2D eigenvalue weighted by atomic mass is 15.3. The van der Waals surface area contributed by atoms with E-state index in [1.165, 1.54) is 0 Å². The van der Waals surface area contributed by atoms with Gasteiger partial charge in [-0.05, 0) is 24.3 Å². The number of para-hydroxylation sites is 1. The molecule has 4 nitrogen and oxygen atoms in total. The standard InChI is InChI=1S/C16H14N4/c1-20-16-8-3-2-7-14(16)15(19-20)11-18-13-6-4-5-12(9-13)10-17/h2-9,18H,11H2,1H3. The summed E-state index contributed by atoms with van der Waals surface area (Å²) in [5.41, 5.74) is 3.71. The van der Waals surface area contributed by atoms with Gasteiger partial charge in [0.05, 0.1) is 29.4 Å². The first-order chi connectivity index (χ1) is 9.78. The summed E-state index contributed by atoms with van der Waals surface area (Å²) in [6.45, 7) is 0.635. The lowest BCUT2D eigenvalue weighted by molar-refractivity contribution is 0.771. The van der Waals surface area contributed by atoms with Crippen molar-refractivity contribution in [2.45, 2.75) is 6.54 Å². The molecule has 0 aliphatic rings. The summed E-state index contributed by atoms with van der Waals surface area (Å²) < 4.78 is 1.89. The topological polar surface area (TPSA) is 53.6 Å². The molecule has 0 amide bonds. The van der Waals surface area contributed by atoms with Crippen molar-refractivity contribution >= 4 is 16.6 Å². The van der Waals surface area contributed by atoms with Crippen LogP contribution in [0.2, 0.25) is 0 Å². The predicted molar refractivity (Wildman–Crippen MR) is 79.2 cm³/mol. The van der Waals surface area contributed by atoms with E-state index >= 15 is 0 Å². The molecule has 0 atom stereocenters. The third-order valence-electron chi connectivity index (χ3n) is 3.29. The maximum absolute atomic E-state index is 8.90. The zero-order valence-electron chi connectivity index (χ0n) is 11.2. The minimum absolute atomic E-state index is 0.635. The van der Waals surface area contributed by atoms with E-state index in [9.17, 15) is 0 Å². The third kappa shape index (κ3) is 2.21. The molecule has 1 heterocycles. The van der Waals surface area contributed by atoms with Crippen molar-refractivity contribution in [3.63, 3.8) is 0 Å². The summed E-state index contributed by atoms with van der Waals surface area (Å²) in [6, 6.07) is 17.8. The largest absolute Gasteiger partial charge is 0.379 e. The van der Waals surface area contributed by atoms with Gasteiger partial charge >= 0.3 is 0 Å². The van der Waals surface area contributed by atoms with Crippen molar-refractivity contribution in [3.8, 4) is 6.07 Å². The van der Waals surface area contributed by atoms with Crippen LogP contribution in [0, 0.1) is 11.3 Å². The molecule has 20 heavy (non-hydrogen) atoms. The average Bonchev–Trinajstić information content (AvgIpc) is 2.82. The van der Waals surface area contributed by atoms with Crippen molar-refractivity contribution < 1.29 is 0 Å². The Morgan fingerprint density at radius 2 is 2.05 bits per heavy atom. The number of anilines is 1. The minimum Gasteiger partial charge on any atom is -0.379 e. The highest BCUT2D eigenvalue weighted by molar-refractivity contribution is 5.82. The van der Waals surface area contributed by atoms with Crippen molar-refractivity contribution in [3.05, 3.63) is 59.8 Å². The molecule has 4 heteroatoms. The quantitative estimate of drug-likeness (QED) is 0.789. The second kappa shape index (κ2) is 5.06. The number of nitrogens with one attached hydrogen (secondary N) is 1. The van der Waals surface area contributed by atoms with Gasteiger partial charge in [0.15, 0.2) is 0 Å². The zero-order valence-corrected chi connectivity index (χ0v) is 11.2. The Morgan fingerprint density at radius 1 is 1.20 bits per heavy atom. The van der Waals surface area contributed by atoms with E-state index < -0.39 is 0 Å². The second-order valence-electron chi connectivity index (χ2n) is 4.63. The molecule has 2 aromatic carbocycles. The fourth-order valence-electron chi connectivity index (χ4n) is 2.30. The van der Waals surface area contributed by atoms with Crippen molar-refractivity contribution in [1.29, 1.82) is 5.26 Å². The predicted octanol–water partition coefficient (Wildman–Crippen LogP) is 3.06. The summed E-state index contributed by atoms with van der Waals surface area (Å²) >= 11 is 0. The Hall–Kier alpha value is -2.80. The maximum Gasteiger partial charge on any atom is 0.0992 e. The molecule has 1 aromatic heterocycles. The van der Waals surface area contributed by atoms with Crippen LogP contribution in [0.3, 0.4) is 0 Å². The van der Waals surface area contributed by atoms with Gasteiger partial charge in [-0.25, -0.2) is 0 Å². The van der Waals surface area contributed by atoms with Crippen LogP contribution in [0.1, 0.15) is 11.3 Å². The monoisotopic (exact) mass is 262 g/mol. The molecule has 1 N–H and O–H groups in total. The van der Waals surface area contributed by atoms with Gasteiger partial charge in [0, 0.05) is 18.1 Å². The van der Waals surface area contributed by atoms with E-state index in [4.69, 9.17) is 5.26 Å². The van der Waals surface area contributed by atoms with Gasteiger partial charge in [-0.3, -0.25) is 4.68 Å². The number of nitrogens with zero attached hydrogens (tertiary/aromatic N) is 3. The summed E-state index contributed by atoms with van der Waals surface area (Å²) in [5.74, 6) is 0. The van der Waals surface area contributed by atoms with Gasteiger partial charge in [-0.2, -0.15) is 10.4 Å². The second-order valence-corrected chi connectivity index (χ2v) is 4.63. The molecule has 0 radical (unpaired) electrons. The molecule has 0 spiro atoms. The molecule has 0 bridgehead atoms. The number of hydrogen-bond acceptors (Lipinski definition) is 3. The number of fused-ring (bicyclic) bond motifs is 1. The van der Waals surface area contributed by atoms with Gasteiger partial charge in [-0.1, -0.05) is 24.3 Å². The Kier molecular flexibility index (Phi) is 3.10. The number of nitriles is 1. The Balaban J connectivity index is 1.85. The number of hydrogen-bond donors (Lipinski definition) is 1. The van der Waals surface area contributed by atoms with Crippen LogP contribution in [0.15, 0.2) is 48.5 Å². The van der Waals surface area contributed by atoms with Crippen LogP contribution < -0.4 is 5.32 Å². The van der Waals surface area contributed by atoms with Crippen LogP contribution in [0.5, 0.6) is 0 Å². The number of aryl methyl sites for hydroxylation is 1. The van der Waals surface area contributed by atoms with Crippen LogP contribution >= 0.6 is 0 Å². The highest BCUT2D eigenvalue weighted by Gasteiger charge is 2.07. The summed E-state index contributed by atoms with van der Waals surface area (Å²) in [6.07, 6.45) is 0. The Labute approximate surface area is 117 Å². The normalized spacial score (nSPS) is 10.4. The van der Waals surface area contributed by atoms with E-state index in [0.29, 0.717) is 12.1 Å². The van der Waals surface area contributed by atoms with Crippen LogP contribution in [0.25, 0.3) is 10.9 Å². The molecular weight excluding hydrogens is 248 g/mol. The van der Waals surface area contributed by atoms with Gasteiger partial charge in [0.1, 0.15) is 0 Å². The highest BCUT2D eigenvalue weighted by Crippen LogP contribution is 2.19. The SMILES string of the molecule is Cn1nc(CNc2cccc(C#N)c2)c2ccccc21. The maximum atomic E-state index is 8.90. The molecule has 0 fully saturated rings. The zero-order chi connectivity index (χ0) is 13.9.